The molecule has 0 N–H and O–H groups in total. The lowest BCUT2D eigenvalue weighted by Gasteiger charge is -2.09. The Bertz CT molecular complexity index is 581. The van der Waals surface area contributed by atoms with E-state index < -0.39 is 0 Å². The van der Waals surface area contributed by atoms with Gasteiger partial charge in [0.05, 0.1) is 15.0 Å². The molecular formula is C14H16BrClN2S. The highest BCUT2D eigenvalue weighted by atomic mass is 79.9. The van der Waals surface area contributed by atoms with Crippen molar-refractivity contribution < 1.29 is 0 Å². The smallest absolute Gasteiger partial charge is 0.171 e. The van der Waals surface area contributed by atoms with Gasteiger partial charge in [-0.1, -0.05) is 32.4 Å². The van der Waals surface area contributed by atoms with Crippen molar-refractivity contribution in [2.75, 3.05) is 0 Å². The van der Waals surface area contributed by atoms with E-state index in [1.807, 2.05) is 0 Å². The highest BCUT2D eigenvalue weighted by Crippen LogP contribution is 2.31. The molecule has 0 unspecified atom stereocenters. The fourth-order valence-electron chi connectivity index (χ4n) is 1.78. The van der Waals surface area contributed by atoms with Crippen LogP contribution in [0.1, 0.15) is 31.3 Å². The van der Waals surface area contributed by atoms with Crippen LogP contribution in [0.4, 0.5) is 0 Å². The molecule has 0 saturated heterocycles. The number of rotatable bonds is 4. The Hall–Kier alpha value is -0.450. The SMILES string of the molecule is CCc1ccc(-c2nc(Cl)c(Br)c(CC(C)C)n2)s1. The van der Waals surface area contributed by atoms with E-state index in [2.05, 4.69) is 58.8 Å². The molecule has 2 rings (SSSR count). The van der Waals surface area contributed by atoms with Crippen LogP contribution in [-0.2, 0) is 12.8 Å². The van der Waals surface area contributed by atoms with Crippen LogP contribution in [0.2, 0.25) is 5.15 Å². The third kappa shape index (κ3) is 3.56. The first-order valence-electron chi connectivity index (χ1n) is 6.32. The molecule has 0 atom stereocenters. The summed E-state index contributed by atoms with van der Waals surface area (Å²) in [6.45, 7) is 6.49. The summed E-state index contributed by atoms with van der Waals surface area (Å²) in [6, 6.07) is 4.20. The fourth-order valence-corrected chi connectivity index (χ4v) is 3.19. The molecule has 102 valence electrons. The minimum absolute atomic E-state index is 0.493. The van der Waals surface area contributed by atoms with Crippen LogP contribution in [0, 0.1) is 5.92 Å². The van der Waals surface area contributed by atoms with Gasteiger partial charge in [-0.25, -0.2) is 9.97 Å². The molecule has 0 fully saturated rings. The van der Waals surface area contributed by atoms with E-state index >= 15 is 0 Å². The maximum Gasteiger partial charge on any atom is 0.171 e. The van der Waals surface area contributed by atoms with Crippen LogP contribution >= 0.6 is 38.9 Å². The van der Waals surface area contributed by atoms with Crippen LogP contribution in [-0.4, -0.2) is 9.97 Å². The molecule has 2 aromatic rings. The van der Waals surface area contributed by atoms with Gasteiger partial charge in [-0.2, -0.15) is 0 Å². The summed E-state index contributed by atoms with van der Waals surface area (Å²) < 4.78 is 0.818. The van der Waals surface area contributed by atoms with Gasteiger partial charge in [0.1, 0.15) is 5.15 Å². The summed E-state index contributed by atoms with van der Waals surface area (Å²) >= 11 is 11.4. The molecule has 19 heavy (non-hydrogen) atoms. The molecule has 0 radical (unpaired) electrons. The quantitative estimate of drug-likeness (QED) is 0.685. The first-order valence-corrected chi connectivity index (χ1v) is 8.31. The maximum atomic E-state index is 6.20. The van der Waals surface area contributed by atoms with E-state index in [0.717, 1.165) is 33.7 Å². The summed E-state index contributed by atoms with van der Waals surface area (Å²) in [5.41, 5.74) is 0.983. The lowest BCUT2D eigenvalue weighted by atomic mass is 10.1. The number of hydrogen-bond donors (Lipinski definition) is 0. The van der Waals surface area contributed by atoms with Crippen molar-refractivity contribution in [2.24, 2.45) is 5.92 Å². The summed E-state index contributed by atoms with van der Waals surface area (Å²) in [5.74, 6) is 1.26. The summed E-state index contributed by atoms with van der Waals surface area (Å²) in [5, 5.41) is 0.493. The van der Waals surface area contributed by atoms with Crippen molar-refractivity contribution in [1.82, 2.24) is 9.97 Å². The molecule has 0 amide bonds. The second-order valence-electron chi connectivity index (χ2n) is 4.82. The zero-order valence-corrected chi connectivity index (χ0v) is 14.4. The molecule has 2 heterocycles. The van der Waals surface area contributed by atoms with Gasteiger partial charge in [-0.05, 0) is 46.8 Å². The average molecular weight is 360 g/mol. The van der Waals surface area contributed by atoms with Crippen molar-refractivity contribution in [1.29, 1.82) is 0 Å². The Morgan fingerprint density at radius 3 is 2.63 bits per heavy atom. The van der Waals surface area contributed by atoms with Crippen LogP contribution in [0.25, 0.3) is 10.7 Å². The van der Waals surface area contributed by atoms with Gasteiger partial charge in [0.25, 0.3) is 0 Å². The van der Waals surface area contributed by atoms with Crippen LogP contribution < -0.4 is 0 Å². The third-order valence-corrected chi connectivity index (χ3v) is 5.27. The van der Waals surface area contributed by atoms with Gasteiger partial charge in [0.2, 0.25) is 0 Å². The Labute approximate surface area is 131 Å². The van der Waals surface area contributed by atoms with E-state index in [4.69, 9.17) is 11.6 Å². The number of hydrogen-bond acceptors (Lipinski definition) is 3. The fraction of sp³-hybridized carbons (Fsp3) is 0.429. The van der Waals surface area contributed by atoms with E-state index in [0.29, 0.717) is 11.1 Å². The first-order chi connectivity index (χ1) is 9.01. The minimum atomic E-state index is 0.493. The first kappa shape index (κ1) is 14.9. The van der Waals surface area contributed by atoms with E-state index in [-0.39, 0.29) is 0 Å². The predicted octanol–water partition coefficient (Wildman–Crippen LogP) is 5.38. The second kappa shape index (κ2) is 6.33. The van der Waals surface area contributed by atoms with Gasteiger partial charge in [-0.3, -0.25) is 0 Å². The number of aromatic nitrogens is 2. The topological polar surface area (TPSA) is 25.8 Å². The number of aryl methyl sites for hydroxylation is 1. The zero-order chi connectivity index (χ0) is 14.0. The molecule has 5 heteroatoms. The Morgan fingerprint density at radius 2 is 2.05 bits per heavy atom. The van der Waals surface area contributed by atoms with Gasteiger partial charge < -0.3 is 0 Å². The Morgan fingerprint density at radius 1 is 1.32 bits per heavy atom. The van der Waals surface area contributed by atoms with Crippen molar-refractivity contribution in [3.05, 3.63) is 32.3 Å². The molecule has 0 aromatic carbocycles. The normalized spacial score (nSPS) is 11.3. The second-order valence-corrected chi connectivity index (χ2v) is 7.14. The summed E-state index contributed by atoms with van der Waals surface area (Å²) in [6.07, 6.45) is 1.93. The predicted molar refractivity (Wildman–Crippen MR) is 86.0 cm³/mol. The van der Waals surface area contributed by atoms with E-state index in [1.165, 1.54) is 4.88 Å². The third-order valence-electron chi connectivity index (χ3n) is 2.71. The summed E-state index contributed by atoms with van der Waals surface area (Å²) in [7, 11) is 0. The highest BCUT2D eigenvalue weighted by molar-refractivity contribution is 9.10. The molecule has 0 aliphatic carbocycles. The molecule has 0 aliphatic heterocycles. The number of halogens is 2. The maximum absolute atomic E-state index is 6.20. The van der Waals surface area contributed by atoms with E-state index in [1.54, 1.807) is 11.3 Å². The van der Waals surface area contributed by atoms with Gasteiger partial charge >= 0.3 is 0 Å². The molecular weight excluding hydrogens is 344 g/mol. The Balaban J connectivity index is 2.43. The average Bonchev–Trinajstić information content (AvgIpc) is 2.82. The zero-order valence-electron chi connectivity index (χ0n) is 11.2. The van der Waals surface area contributed by atoms with Crippen molar-refractivity contribution >= 4 is 38.9 Å². The molecule has 0 aliphatic rings. The lowest BCUT2D eigenvalue weighted by Crippen LogP contribution is -2.02. The molecule has 2 aromatic heterocycles. The van der Waals surface area contributed by atoms with Crippen LogP contribution in [0.15, 0.2) is 16.6 Å². The lowest BCUT2D eigenvalue weighted by molar-refractivity contribution is 0.632. The number of thiophene rings is 1. The highest BCUT2D eigenvalue weighted by Gasteiger charge is 2.14. The Kier molecular flexibility index (Phi) is 4.98. The van der Waals surface area contributed by atoms with Gasteiger partial charge in [0, 0.05) is 4.88 Å². The molecule has 2 nitrogen and oxygen atoms in total. The van der Waals surface area contributed by atoms with Crippen LogP contribution in [0.3, 0.4) is 0 Å². The van der Waals surface area contributed by atoms with Gasteiger partial charge in [0.15, 0.2) is 5.82 Å². The van der Waals surface area contributed by atoms with E-state index in [9.17, 15) is 0 Å². The summed E-state index contributed by atoms with van der Waals surface area (Å²) in [4.78, 5) is 11.5. The number of nitrogens with zero attached hydrogens (tertiary/aromatic N) is 2. The minimum Gasteiger partial charge on any atom is -0.231 e. The van der Waals surface area contributed by atoms with Crippen molar-refractivity contribution in [3.63, 3.8) is 0 Å². The molecule has 0 saturated carbocycles. The van der Waals surface area contributed by atoms with Crippen molar-refractivity contribution in [3.8, 4) is 10.7 Å². The van der Waals surface area contributed by atoms with Crippen molar-refractivity contribution in [2.45, 2.75) is 33.6 Å². The molecule has 0 bridgehead atoms. The largest absolute Gasteiger partial charge is 0.231 e. The molecule has 0 spiro atoms. The standard InChI is InChI=1S/C14H16BrClN2S/c1-4-9-5-6-11(19-9)14-17-10(7-8(2)3)12(15)13(16)18-14/h5-6,8H,4,7H2,1-3H3. The van der Waals surface area contributed by atoms with Gasteiger partial charge in [-0.15, -0.1) is 11.3 Å². The van der Waals surface area contributed by atoms with Crippen LogP contribution in [0.5, 0.6) is 0 Å². The monoisotopic (exact) mass is 358 g/mol.